The molecule has 0 aliphatic rings. The van der Waals surface area contributed by atoms with Gasteiger partial charge in [0.15, 0.2) is 0 Å². The van der Waals surface area contributed by atoms with Crippen molar-refractivity contribution < 1.29 is 0 Å². The van der Waals surface area contributed by atoms with E-state index >= 15 is 0 Å². The summed E-state index contributed by atoms with van der Waals surface area (Å²) in [7, 11) is -1.27. The predicted molar refractivity (Wildman–Crippen MR) is 55.2 cm³/mol. The van der Waals surface area contributed by atoms with Crippen LogP contribution in [-0.4, -0.2) is 25.4 Å². The molecule has 0 saturated heterocycles. The van der Waals surface area contributed by atoms with Gasteiger partial charge < -0.3 is 4.57 Å². The van der Waals surface area contributed by atoms with Crippen LogP contribution in [-0.2, 0) is 0 Å². The van der Waals surface area contributed by atoms with Gasteiger partial charge in [-0.05, 0) is 12.6 Å². The SMILES string of the molecule is C=C[Si](C)(C)N(CC)C(C)C. The van der Waals surface area contributed by atoms with E-state index in [0.717, 1.165) is 6.54 Å². The van der Waals surface area contributed by atoms with Crippen molar-refractivity contribution in [1.29, 1.82) is 0 Å². The summed E-state index contributed by atoms with van der Waals surface area (Å²) < 4.78 is 2.56. The molecule has 0 aliphatic heterocycles. The lowest BCUT2D eigenvalue weighted by atomic mass is 10.4. The number of nitrogens with zero attached hydrogens (tertiary/aromatic N) is 1. The lowest BCUT2D eigenvalue weighted by Gasteiger charge is -2.36. The van der Waals surface area contributed by atoms with Gasteiger partial charge in [-0.2, -0.15) is 0 Å². The highest BCUT2D eigenvalue weighted by Gasteiger charge is 2.26. The number of hydrogen-bond donors (Lipinski definition) is 0. The first-order chi connectivity index (χ1) is 4.95. The zero-order valence-electron chi connectivity index (χ0n) is 8.52. The number of rotatable bonds is 4. The average Bonchev–Trinajstić information content (AvgIpc) is 1.88. The third kappa shape index (κ3) is 2.79. The van der Waals surface area contributed by atoms with E-state index in [2.05, 4.69) is 50.7 Å². The predicted octanol–water partition coefficient (Wildman–Crippen LogP) is 2.65. The molecule has 0 aliphatic carbocycles. The Kier molecular flexibility index (Phi) is 4.04. The summed E-state index contributed by atoms with van der Waals surface area (Å²) in [6.45, 7) is 16.4. The molecule has 1 nitrogen and oxygen atoms in total. The van der Waals surface area contributed by atoms with Gasteiger partial charge in [-0.3, -0.25) is 0 Å². The summed E-state index contributed by atoms with van der Waals surface area (Å²) in [6, 6.07) is 0.652. The molecule has 0 spiro atoms. The molecule has 0 bridgehead atoms. The molecule has 0 N–H and O–H groups in total. The third-order valence-corrected chi connectivity index (χ3v) is 5.52. The maximum absolute atomic E-state index is 3.90. The maximum Gasteiger partial charge on any atom is 0.146 e. The zero-order valence-corrected chi connectivity index (χ0v) is 9.52. The largest absolute Gasteiger partial charge is 0.319 e. The Morgan fingerprint density at radius 1 is 1.45 bits per heavy atom. The fraction of sp³-hybridized carbons (Fsp3) is 0.778. The van der Waals surface area contributed by atoms with Gasteiger partial charge in [-0.25, -0.2) is 0 Å². The minimum absolute atomic E-state index is 0.652. The Hall–Kier alpha value is -0.0831. The van der Waals surface area contributed by atoms with Crippen LogP contribution in [0.3, 0.4) is 0 Å². The van der Waals surface area contributed by atoms with E-state index in [-0.39, 0.29) is 0 Å². The second-order valence-electron chi connectivity index (χ2n) is 3.74. The van der Waals surface area contributed by atoms with Crippen LogP contribution in [0.25, 0.3) is 0 Å². The normalized spacial score (nSPS) is 12.6. The highest BCUT2D eigenvalue weighted by molar-refractivity contribution is 6.79. The maximum atomic E-state index is 3.90. The Morgan fingerprint density at radius 3 is 2.00 bits per heavy atom. The Balaban J connectivity index is 4.35. The molecular formula is C9H21NSi. The van der Waals surface area contributed by atoms with Crippen molar-refractivity contribution >= 4 is 8.24 Å². The second-order valence-corrected chi connectivity index (χ2v) is 8.03. The lowest BCUT2D eigenvalue weighted by Crippen LogP contribution is -2.50. The minimum Gasteiger partial charge on any atom is -0.319 e. The molecule has 0 aromatic carbocycles. The average molecular weight is 171 g/mol. The summed E-state index contributed by atoms with van der Waals surface area (Å²) in [5.74, 6) is 0. The Bertz CT molecular complexity index is 130. The van der Waals surface area contributed by atoms with Gasteiger partial charge in [0, 0.05) is 0 Å². The second kappa shape index (κ2) is 4.07. The molecule has 66 valence electrons. The topological polar surface area (TPSA) is 3.24 Å². The number of hydrogen-bond acceptors (Lipinski definition) is 1. The van der Waals surface area contributed by atoms with Crippen LogP contribution in [0.1, 0.15) is 20.8 Å². The van der Waals surface area contributed by atoms with Gasteiger partial charge in [0.1, 0.15) is 8.24 Å². The molecule has 0 rings (SSSR count). The van der Waals surface area contributed by atoms with Crippen molar-refractivity contribution in [3.63, 3.8) is 0 Å². The Labute approximate surface area is 72.2 Å². The van der Waals surface area contributed by atoms with E-state index in [9.17, 15) is 0 Å². The molecule has 0 aromatic rings. The van der Waals surface area contributed by atoms with Crippen molar-refractivity contribution in [2.45, 2.75) is 39.9 Å². The van der Waals surface area contributed by atoms with Crippen molar-refractivity contribution in [1.82, 2.24) is 4.57 Å². The van der Waals surface area contributed by atoms with Crippen LogP contribution in [0.2, 0.25) is 13.1 Å². The highest BCUT2D eigenvalue weighted by Crippen LogP contribution is 2.13. The van der Waals surface area contributed by atoms with Gasteiger partial charge >= 0.3 is 0 Å². The standard InChI is InChI=1S/C9H21NSi/c1-7-10(9(3)4)11(5,6)8-2/h8-9H,2,7H2,1,3-6H3. The van der Waals surface area contributed by atoms with Crippen molar-refractivity contribution in [2.24, 2.45) is 0 Å². The summed E-state index contributed by atoms with van der Waals surface area (Å²) in [5.41, 5.74) is 2.15. The zero-order chi connectivity index (χ0) is 9.07. The fourth-order valence-electron chi connectivity index (χ4n) is 1.56. The van der Waals surface area contributed by atoms with Crippen LogP contribution in [0.4, 0.5) is 0 Å². The van der Waals surface area contributed by atoms with Crippen LogP contribution in [0.15, 0.2) is 12.3 Å². The van der Waals surface area contributed by atoms with Crippen molar-refractivity contribution in [3.8, 4) is 0 Å². The molecule has 0 heterocycles. The first-order valence-electron chi connectivity index (χ1n) is 4.36. The fourth-order valence-corrected chi connectivity index (χ4v) is 3.94. The highest BCUT2D eigenvalue weighted by atomic mass is 28.3. The third-order valence-electron chi connectivity index (χ3n) is 2.20. The molecule has 0 radical (unpaired) electrons. The molecule has 2 heteroatoms. The lowest BCUT2D eigenvalue weighted by molar-refractivity contribution is 0.374. The summed E-state index contributed by atoms with van der Waals surface area (Å²) in [5, 5.41) is 0. The van der Waals surface area contributed by atoms with Gasteiger partial charge in [-0.15, -0.1) is 6.58 Å². The molecule has 0 unspecified atom stereocenters. The smallest absolute Gasteiger partial charge is 0.146 e. The summed E-state index contributed by atoms with van der Waals surface area (Å²) >= 11 is 0. The molecule has 0 saturated carbocycles. The molecule has 0 aromatic heterocycles. The van der Waals surface area contributed by atoms with Crippen molar-refractivity contribution in [2.75, 3.05) is 6.54 Å². The van der Waals surface area contributed by atoms with Gasteiger partial charge in [-0.1, -0.05) is 39.6 Å². The van der Waals surface area contributed by atoms with Crippen LogP contribution < -0.4 is 0 Å². The summed E-state index contributed by atoms with van der Waals surface area (Å²) in [4.78, 5) is 0. The molecule has 0 amide bonds. The summed E-state index contributed by atoms with van der Waals surface area (Å²) in [6.07, 6.45) is 0. The van der Waals surface area contributed by atoms with Crippen molar-refractivity contribution in [3.05, 3.63) is 12.3 Å². The van der Waals surface area contributed by atoms with Crippen LogP contribution in [0, 0.1) is 0 Å². The minimum atomic E-state index is -1.27. The molecule has 11 heavy (non-hydrogen) atoms. The monoisotopic (exact) mass is 171 g/mol. The van der Waals surface area contributed by atoms with E-state index in [1.807, 2.05) is 0 Å². The first kappa shape index (κ1) is 10.9. The molecule has 0 fully saturated rings. The van der Waals surface area contributed by atoms with E-state index in [1.165, 1.54) is 0 Å². The first-order valence-corrected chi connectivity index (χ1v) is 7.38. The van der Waals surface area contributed by atoms with Gasteiger partial charge in [0.05, 0.1) is 0 Å². The van der Waals surface area contributed by atoms with E-state index in [0.29, 0.717) is 6.04 Å². The van der Waals surface area contributed by atoms with E-state index in [4.69, 9.17) is 0 Å². The van der Waals surface area contributed by atoms with Gasteiger partial charge in [0.2, 0.25) is 0 Å². The van der Waals surface area contributed by atoms with E-state index < -0.39 is 8.24 Å². The van der Waals surface area contributed by atoms with Crippen LogP contribution >= 0.6 is 0 Å². The van der Waals surface area contributed by atoms with E-state index in [1.54, 1.807) is 0 Å². The molecular weight excluding hydrogens is 150 g/mol. The van der Waals surface area contributed by atoms with Gasteiger partial charge in [0.25, 0.3) is 0 Å². The quantitative estimate of drug-likeness (QED) is 0.588. The molecule has 0 atom stereocenters. The van der Waals surface area contributed by atoms with Crippen LogP contribution in [0.5, 0.6) is 0 Å². The Morgan fingerprint density at radius 2 is 1.91 bits per heavy atom.